The van der Waals surface area contributed by atoms with Gasteiger partial charge in [0.1, 0.15) is 11.6 Å². The van der Waals surface area contributed by atoms with Gasteiger partial charge in [-0.2, -0.15) is 5.26 Å². The van der Waals surface area contributed by atoms with Crippen molar-refractivity contribution in [2.24, 2.45) is 5.73 Å². The summed E-state index contributed by atoms with van der Waals surface area (Å²) in [6, 6.07) is 17.0. The minimum absolute atomic E-state index is 0.00521. The van der Waals surface area contributed by atoms with Crippen molar-refractivity contribution < 1.29 is 14.3 Å². The molecule has 1 amide bonds. The highest BCUT2D eigenvalue weighted by atomic mass is 79.9. The number of nitrogens with two attached hydrogens (primary N) is 1. The Morgan fingerprint density at radius 1 is 1.26 bits per heavy atom. The van der Waals surface area contributed by atoms with Crippen molar-refractivity contribution >= 4 is 61.5 Å². The molecule has 0 saturated heterocycles. The SMILES string of the molecule is COc1ccccc1NC(=O)CSc1nnc(N2C(N)=C(C#N)C(c3ccccc3Br)C3=C2CCCC3=O)s1. The average Bonchev–Trinajstić information content (AvgIpc) is 3.40. The first-order valence-corrected chi connectivity index (χ1v) is 14.6. The maximum Gasteiger partial charge on any atom is 0.234 e. The molecule has 1 aliphatic heterocycles. The molecule has 0 saturated carbocycles. The van der Waals surface area contributed by atoms with Gasteiger partial charge in [0.25, 0.3) is 0 Å². The van der Waals surface area contributed by atoms with Crippen LogP contribution in [0.15, 0.2) is 80.0 Å². The van der Waals surface area contributed by atoms with Crippen LogP contribution in [0.4, 0.5) is 10.8 Å². The van der Waals surface area contributed by atoms with Gasteiger partial charge in [0, 0.05) is 22.2 Å². The number of nitrogens with zero attached hydrogens (tertiary/aromatic N) is 4. The molecule has 39 heavy (non-hydrogen) atoms. The number of benzene rings is 2. The third-order valence-electron chi connectivity index (χ3n) is 6.42. The summed E-state index contributed by atoms with van der Waals surface area (Å²) in [5.41, 5.74) is 9.61. The highest BCUT2D eigenvalue weighted by molar-refractivity contribution is 9.10. The molecule has 198 valence electrons. The van der Waals surface area contributed by atoms with Crippen molar-refractivity contribution in [1.29, 1.82) is 5.26 Å². The highest BCUT2D eigenvalue weighted by Gasteiger charge is 2.41. The van der Waals surface area contributed by atoms with Crippen LogP contribution in [-0.4, -0.2) is 34.8 Å². The van der Waals surface area contributed by atoms with Crippen LogP contribution in [0.25, 0.3) is 0 Å². The minimum atomic E-state index is -0.565. The number of para-hydroxylation sites is 2. The molecule has 2 aliphatic rings. The van der Waals surface area contributed by atoms with E-state index in [1.165, 1.54) is 23.1 Å². The van der Waals surface area contributed by atoms with E-state index in [4.69, 9.17) is 10.5 Å². The molecule has 5 rings (SSSR count). The molecule has 0 bridgehead atoms. The first-order chi connectivity index (χ1) is 18.9. The van der Waals surface area contributed by atoms with Gasteiger partial charge in [-0.1, -0.05) is 69.4 Å². The number of nitriles is 1. The van der Waals surface area contributed by atoms with E-state index in [-0.39, 0.29) is 28.8 Å². The number of halogens is 1. The zero-order chi connectivity index (χ0) is 27.5. The summed E-state index contributed by atoms with van der Waals surface area (Å²) in [6.07, 6.45) is 1.70. The second-order valence-electron chi connectivity index (χ2n) is 8.73. The fourth-order valence-electron chi connectivity index (χ4n) is 4.74. The van der Waals surface area contributed by atoms with Crippen LogP contribution in [0.1, 0.15) is 30.7 Å². The highest BCUT2D eigenvalue weighted by Crippen LogP contribution is 2.48. The first-order valence-electron chi connectivity index (χ1n) is 12.0. The number of amides is 1. The van der Waals surface area contributed by atoms with E-state index >= 15 is 0 Å². The third kappa shape index (κ3) is 5.30. The van der Waals surface area contributed by atoms with Crippen molar-refractivity contribution in [3.05, 3.63) is 81.2 Å². The van der Waals surface area contributed by atoms with Gasteiger partial charge >= 0.3 is 0 Å². The summed E-state index contributed by atoms with van der Waals surface area (Å²) in [5.74, 6) is 0.122. The van der Waals surface area contributed by atoms with Crippen LogP contribution in [0, 0.1) is 11.3 Å². The number of aromatic nitrogens is 2. The fourth-order valence-corrected chi connectivity index (χ4v) is 6.93. The molecule has 1 atom stereocenters. The maximum atomic E-state index is 13.3. The van der Waals surface area contributed by atoms with E-state index in [1.807, 2.05) is 36.4 Å². The topological polar surface area (TPSA) is 134 Å². The lowest BCUT2D eigenvalue weighted by Gasteiger charge is -2.38. The number of hydrogen-bond donors (Lipinski definition) is 2. The predicted octanol–water partition coefficient (Wildman–Crippen LogP) is 5.34. The van der Waals surface area contributed by atoms with Crippen LogP contribution in [-0.2, 0) is 9.59 Å². The molecule has 1 aromatic heterocycles. The normalized spacial score (nSPS) is 17.1. The number of rotatable bonds is 7. The van der Waals surface area contributed by atoms with Crippen molar-refractivity contribution in [2.45, 2.75) is 29.5 Å². The largest absolute Gasteiger partial charge is 0.495 e. The zero-order valence-electron chi connectivity index (χ0n) is 20.8. The lowest BCUT2D eigenvalue weighted by molar-refractivity contribution is -0.116. The lowest BCUT2D eigenvalue weighted by Crippen LogP contribution is -2.38. The number of allylic oxidation sites excluding steroid dienone is 3. The quantitative estimate of drug-likeness (QED) is 0.334. The van der Waals surface area contributed by atoms with E-state index in [0.717, 1.165) is 15.7 Å². The second kappa shape index (κ2) is 11.6. The summed E-state index contributed by atoms with van der Waals surface area (Å²) >= 11 is 6.07. The predicted molar refractivity (Wildman–Crippen MR) is 154 cm³/mol. The van der Waals surface area contributed by atoms with Crippen LogP contribution in [0.2, 0.25) is 0 Å². The van der Waals surface area contributed by atoms with E-state index < -0.39 is 5.92 Å². The minimum Gasteiger partial charge on any atom is -0.495 e. The number of carbonyl (C=O) groups excluding carboxylic acids is 2. The number of carbonyl (C=O) groups is 2. The number of ether oxygens (including phenoxy) is 1. The second-order valence-corrected chi connectivity index (χ2v) is 11.8. The van der Waals surface area contributed by atoms with E-state index in [1.54, 1.807) is 24.1 Å². The van der Waals surface area contributed by atoms with Crippen LogP contribution < -0.4 is 20.7 Å². The molecule has 0 radical (unpaired) electrons. The maximum absolute atomic E-state index is 13.3. The molecule has 1 unspecified atom stereocenters. The molecule has 3 aromatic rings. The summed E-state index contributed by atoms with van der Waals surface area (Å²) < 4.78 is 6.64. The van der Waals surface area contributed by atoms with Crippen LogP contribution in [0.3, 0.4) is 0 Å². The number of nitrogens with one attached hydrogen (secondary N) is 1. The molecule has 9 nitrogen and oxygen atoms in total. The number of Topliss-reactive ketones (excluding diaryl/α,β-unsaturated/α-hetero) is 1. The van der Waals surface area contributed by atoms with Gasteiger partial charge in [-0.25, -0.2) is 0 Å². The van der Waals surface area contributed by atoms with Crippen molar-refractivity contribution in [2.75, 3.05) is 23.1 Å². The van der Waals surface area contributed by atoms with E-state index in [0.29, 0.717) is 45.7 Å². The Hall–Kier alpha value is -3.66. The molecule has 0 fully saturated rings. The molecule has 2 heterocycles. The summed E-state index contributed by atoms with van der Waals surface area (Å²) in [6.45, 7) is 0. The number of anilines is 2. The van der Waals surface area contributed by atoms with E-state index in [9.17, 15) is 14.9 Å². The van der Waals surface area contributed by atoms with E-state index in [2.05, 4.69) is 37.5 Å². The van der Waals surface area contributed by atoms with Crippen molar-refractivity contribution in [3.63, 3.8) is 0 Å². The Morgan fingerprint density at radius 3 is 2.79 bits per heavy atom. The van der Waals surface area contributed by atoms with Crippen molar-refractivity contribution in [1.82, 2.24) is 10.2 Å². The Labute approximate surface area is 241 Å². The van der Waals surface area contributed by atoms with Gasteiger partial charge in [-0.3, -0.25) is 14.5 Å². The van der Waals surface area contributed by atoms with Crippen LogP contribution in [0.5, 0.6) is 5.75 Å². The molecular weight excluding hydrogens is 600 g/mol. The fraction of sp³-hybridized carbons (Fsp3) is 0.222. The monoisotopic (exact) mass is 622 g/mol. The Kier molecular flexibility index (Phi) is 8.02. The summed E-state index contributed by atoms with van der Waals surface area (Å²) in [4.78, 5) is 27.5. The van der Waals surface area contributed by atoms with Gasteiger partial charge in [-0.05, 0) is 36.6 Å². The van der Waals surface area contributed by atoms with Gasteiger partial charge in [0.15, 0.2) is 10.1 Å². The van der Waals surface area contributed by atoms with Gasteiger partial charge in [0.05, 0.1) is 36.1 Å². The van der Waals surface area contributed by atoms with Gasteiger partial charge < -0.3 is 15.8 Å². The average molecular weight is 624 g/mol. The number of thioether (sulfide) groups is 1. The Bertz CT molecular complexity index is 1560. The zero-order valence-corrected chi connectivity index (χ0v) is 24.0. The number of hydrogen-bond acceptors (Lipinski definition) is 10. The smallest absolute Gasteiger partial charge is 0.234 e. The molecule has 3 N–H and O–H groups in total. The molecule has 0 spiro atoms. The lowest BCUT2D eigenvalue weighted by atomic mass is 9.76. The summed E-state index contributed by atoms with van der Waals surface area (Å²) in [5, 5.41) is 22.0. The molecule has 12 heteroatoms. The Balaban J connectivity index is 1.42. The number of ketones is 1. The number of methoxy groups -OCH3 is 1. The first kappa shape index (κ1) is 26.9. The third-order valence-corrected chi connectivity index (χ3v) is 9.19. The Morgan fingerprint density at radius 2 is 2.03 bits per heavy atom. The standard InChI is InChI=1S/C27H23BrN6O3S2/c1-37-21-12-5-4-9-18(21)31-22(36)14-38-27-33-32-26(39-27)34-19-10-6-11-20(35)24(19)23(16(13-29)25(34)30)15-7-2-3-8-17(15)28/h2-5,7-9,12,23H,6,10-11,14,30H2,1H3,(H,31,36). The van der Waals surface area contributed by atoms with Gasteiger partial charge in [-0.15, -0.1) is 10.2 Å². The summed E-state index contributed by atoms with van der Waals surface area (Å²) in [7, 11) is 1.54. The molecular formula is C27H23BrN6O3S2. The van der Waals surface area contributed by atoms with Crippen LogP contribution >= 0.6 is 39.0 Å². The molecule has 2 aromatic carbocycles. The van der Waals surface area contributed by atoms with Gasteiger partial charge in [0.2, 0.25) is 11.0 Å². The molecule has 1 aliphatic carbocycles. The van der Waals surface area contributed by atoms with Crippen molar-refractivity contribution in [3.8, 4) is 11.8 Å².